The number of rotatable bonds is 7. The molecule has 1 heterocycles. The Bertz CT molecular complexity index is 1330. The number of ether oxygens (including phenoxy) is 1. The van der Waals surface area contributed by atoms with Gasteiger partial charge < -0.3 is 14.6 Å². The van der Waals surface area contributed by atoms with E-state index in [0.29, 0.717) is 28.4 Å². The van der Waals surface area contributed by atoms with Crippen LogP contribution in [0.4, 0.5) is 11.4 Å². The van der Waals surface area contributed by atoms with Gasteiger partial charge in [0.15, 0.2) is 0 Å². The van der Waals surface area contributed by atoms with Crippen molar-refractivity contribution in [3.63, 3.8) is 0 Å². The average Bonchev–Trinajstić information content (AvgIpc) is 3.33. The summed E-state index contributed by atoms with van der Waals surface area (Å²) in [5, 5.41) is 17.7. The smallest absolute Gasteiger partial charge is 0.270 e. The predicted octanol–water partition coefficient (Wildman–Crippen LogP) is 4.97. The van der Waals surface area contributed by atoms with Gasteiger partial charge >= 0.3 is 0 Å². The summed E-state index contributed by atoms with van der Waals surface area (Å²) in [5.74, 6) is 0.955. The number of amides is 1. The summed E-state index contributed by atoms with van der Waals surface area (Å²) in [6, 6.07) is 20.3. The maximum atomic E-state index is 12.5. The number of methoxy groups -OCH3 is 1. The third-order valence-corrected chi connectivity index (χ3v) is 4.70. The molecular formula is C24H18N4O5. The van der Waals surface area contributed by atoms with E-state index in [9.17, 15) is 14.9 Å². The molecule has 4 rings (SSSR count). The van der Waals surface area contributed by atoms with E-state index in [2.05, 4.69) is 15.5 Å². The molecule has 164 valence electrons. The number of nitro groups is 1. The number of hydrogen-bond acceptors (Lipinski definition) is 7. The van der Waals surface area contributed by atoms with Crippen LogP contribution in [0, 0.1) is 10.1 Å². The third kappa shape index (κ3) is 5.10. The maximum absolute atomic E-state index is 12.5. The van der Waals surface area contributed by atoms with E-state index in [1.807, 2.05) is 12.1 Å². The lowest BCUT2D eigenvalue weighted by atomic mass is 10.1. The minimum Gasteiger partial charge on any atom is -0.497 e. The second kappa shape index (κ2) is 9.56. The molecule has 9 nitrogen and oxygen atoms in total. The fourth-order valence-corrected chi connectivity index (χ4v) is 3.06. The van der Waals surface area contributed by atoms with E-state index < -0.39 is 10.8 Å². The number of anilines is 1. The van der Waals surface area contributed by atoms with Gasteiger partial charge in [0.1, 0.15) is 5.75 Å². The van der Waals surface area contributed by atoms with Crippen LogP contribution in [0.2, 0.25) is 0 Å². The van der Waals surface area contributed by atoms with Crippen molar-refractivity contribution in [2.45, 2.75) is 0 Å². The molecule has 0 aliphatic heterocycles. The lowest BCUT2D eigenvalue weighted by Gasteiger charge is -2.06. The number of nitrogens with one attached hydrogen (secondary N) is 1. The number of carbonyl (C=O) groups is 1. The van der Waals surface area contributed by atoms with Gasteiger partial charge in [0.05, 0.1) is 23.3 Å². The molecule has 0 saturated carbocycles. The Morgan fingerprint density at radius 2 is 1.88 bits per heavy atom. The van der Waals surface area contributed by atoms with Crippen LogP contribution in [0.25, 0.3) is 28.9 Å². The lowest BCUT2D eigenvalue weighted by Crippen LogP contribution is -2.08. The number of hydrogen-bond donors (Lipinski definition) is 1. The van der Waals surface area contributed by atoms with E-state index in [-0.39, 0.29) is 11.6 Å². The Morgan fingerprint density at radius 1 is 1.09 bits per heavy atom. The molecule has 1 N–H and O–H groups in total. The van der Waals surface area contributed by atoms with Crippen LogP contribution in [0.1, 0.15) is 5.56 Å². The fourth-order valence-electron chi connectivity index (χ4n) is 3.06. The van der Waals surface area contributed by atoms with Crippen LogP contribution < -0.4 is 10.1 Å². The zero-order valence-electron chi connectivity index (χ0n) is 17.5. The summed E-state index contributed by atoms with van der Waals surface area (Å²) in [5.41, 5.74) is 2.28. The summed E-state index contributed by atoms with van der Waals surface area (Å²) >= 11 is 0. The maximum Gasteiger partial charge on any atom is 0.270 e. The van der Waals surface area contributed by atoms with Crippen molar-refractivity contribution in [1.29, 1.82) is 0 Å². The van der Waals surface area contributed by atoms with Crippen LogP contribution >= 0.6 is 0 Å². The van der Waals surface area contributed by atoms with Crippen molar-refractivity contribution in [3.8, 4) is 28.6 Å². The zero-order valence-corrected chi connectivity index (χ0v) is 17.5. The monoisotopic (exact) mass is 442 g/mol. The van der Waals surface area contributed by atoms with E-state index in [0.717, 1.165) is 5.56 Å². The summed E-state index contributed by atoms with van der Waals surface area (Å²) in [6.07, 6.45) is 2.80. The molecule has 0 radical (unpaired) electrons. The van der Waals surface area contributed by atoms with Gasteiger partial charge in [0.25, 0.3) is 11.6 Å². The average molecular weight is 442 g/mol. The molecular weight excluding hydrogens is 424 g/mol. The van der Waals surface area contributed by atoms with E-state index in [1.54, 1.807) is 55.6 Å². The minimum atomic E-state index is -0.488. The lowest BCUT2D eigenvalue weighted by molar-refractivity contribution is -0.384. The van der Waals surface area contributed by atoms with Gasteiger partial charge in [-0.25, -0.2) is 0 Å². The Labute approximate surface area is 188 Å². The van der Waals surface area contributed by atoms with E-state index in [4.69, 9.17) is 9.26 Å². The number of nitrogens with zero attached hydrogens (tertiary/aromatic N) is 3. The van der Waals surface area contributed by atoms with Gasteiger partial charge in [-0.2, -0.15) is 4.98 Å². The van der Waals surface area contributed by atoms with Crippen LogP contribution in [0.15, 0.2) is 83.4 Å². The predicted molar refractivity (Wildman–Crippen MR) is 122 cm³/mol. The molecule has 0 spiro atoms. The Kier molecular flexibility index (Phi) is 6.21. The Morgan fingerprint density at radius 3 is 2.64 bits per heavy atom. The third-order valence-electron chi connectivity index (χ3n) is 4.70. The SMILES string of the molecule is COc1ccc(-c2noc(-c3ccccc3NC(=O)/C=C/c3cccc([N+](=O)[O-])c3)n2)cc1. The first-order chi connectivity index (χ1) is 16.0. The quantitative estimate of drug-likeness (QED) is 0.244. The number of non-ortho nitro benzene ring substituents is 1. The molecule has 0 saturated heterocycles. The second-order valence-corrected chi connectivity index (χ2v) is 6.87. The fraction of sp³-hybridized carbons (Fsp3) is 0.0417. The summed E-state index contributed by atoms with van der Waals surface area (Å²) < 4.78 is 10.6. The van der Waals surface area contributed by atoms with Gasteiger partial charge in [0, 0.05) is 23.8 Å². The molecule has 3 aromatic carbocycles. The summed E-state index contributed by atoms with van der Waals surface area (Å²) in [4.78, 5) is 27.3. The molecule has 0 fully saturated rings. The molecule has 0 aliphatic carbocycles. The first-order valence-electron chi connectivity index (χ1n) is 9.84. The summed E-state index contributed by atoms with van der Waals surface area (Å²) in [7, 11) is 1.59. The van der Waals surface area contributed by atoms with Crippen molar-refractivity contribution in [2.75, 3.05) is 12.4 Å². The van der Waals surface area contributed by atoms with Crippen molar-refractivity contribution in [3.05, 3.63) is 94.6 Å². The van der Waals surface area contributed by atoms with Crippen LogP contribution in [-0.2, 0) is 4.79 Å². The normalized spacial score (nSPS) is 10.8. The van der Waals surface area contributed by atoms with Gasteiger partial charge in [-0.1, -0.05) is 29.4 Å². The van der Waals surface area contributed by atoms with Gasteiger partial charge in [-0.05, 0) is 48.0 Å². The van der Waals surface area contributed by atoms with E-state index in [1.165, 1.54) is 24.3 Å². The molecule has 9 heteroatoms. The topological polar surface area (TPSA) is 120 Å². The van der Waals surface area contributed by atoms with Gasteiger partial charge in [0.2, 0.25) is 11.7 Å². The summed E-state index contributed by atoms with van der Waals surface area (Å²) in [6.45, 7) is 0. The molecule has 1 amide bonds. The van der Waals surface area contributed by atoms with Crippen LogP contribution in [-0.4, -0.2) is 28.1 Å². The van der Waals surface area contributed by atoms with Crippen molar-refractivity contribution in [2.24, 2.45) is 0 Å². The van der Waals surface area contributed by atoms with E-state index >= 15 is 0 Å². The van der Waals surface area contributed by atoms with Gasteiger partial charge in [-0.15, -0.1) is 0 Å². The zero-order chi connectivity index (χ0) is 23.2. The van der Waals surface area contributed by atoms with Crippen LogP contribution in [0.3, 0.4) is 0 Å². The Balaban J connectivity index is 1.52. The molecule has 0 atom stereocenters. The van der Waals surface area contributed by atoms with Crippen LogP contribution in [0.5, 0.6) is 5.75 Å². The number of para-hydroxylation sites is 1. The number of nitro benzene ring substituents is 1. The molecule has 0 bridgehead atoms. The minimum absolute atomic E-state index is 0.0491. The highest BCUT2D eigenvalue weighted by molar-refractivity contribution is 6.03. The number of benzene rings is 3. The Hall–Kier alpha value is -4.79. The molecule has 0 unspecified atom stereocenters. The van der Waals surface area contributed by atoms with Crippen molar-refractivity contribution < 1.29 is 19.0 Å². The first-order valence-corrected chi connectivity index (χ1v) is 9.84. The molecule has 4 aromatic rings. The number of carbonyl (C=O) groups excluding carboxylic acids is 1. The largest absolute Gasteiger partial charge is 0.497 e. The standard InChI is InChI=1S/C24H18N4O5/c1-32-19-12-10-17(11-13-19)23-26-24(33-27-23)20-7-2-3-8-21(20)25-22(29)14-9-16-5-4-6-18(15-16)28(30)31/h2-15H,1H3,(H,25,29)/b14-9+. The van der Waals surface area contributed by atoms with Crippen molar-refractivity contribution >= 4 is 23.4 Å². The first kappa shape index (κ1) is 21.4. The highest BCUT2D eigenvalue weighted by Gasteiger charge is 2.15. The molecule has 33 heavy (non-hydrogen) atoms. The second-order valence-electron chi connectivity index (χ2n) is 6.87. The highest BCUT2D eigenvalue weighted by Crippen LogP contribution is 2.29. The van der Waals surface area contributed by atoms with Gasteiger partial charge in [-0.3, -0.25) is 14.9 Å². The highest BCUT2D eigenvalue weighted by atomic mass is 16.6. The number of aromatic nitrogens is 2. The molecule has 1 aromatic heterocycles. The molecule has 0 aliphatic rings. The van der Waals surface area contributed by atoms with Crippen molar-refractivity contribution in [1.82, 2.24) is 10.1 Å².